The van der Waals surface area contributed by atoms with E-state index in [2.05, 4.69) is 24.4 Å². The zero-order valence-electron chi connectivity index (χ0n) is 42.5. The van der Waals surface area contributed by atoms with Crippen LogP contribution in [0.15, 0.2) is 24.3 Å². The van der Waals surface area contributed by atoms with Crippen molar-refractivity contribution in [1.29, 1.82) is 0 Å². The summed E-state index contributed by atoms with van der Waals surface area (Å²) >= 11 is 0. The van der Waals surface area contributed by atoms with Crippen LogP contribution in [-0.2, 0) is 14.3 Å². The van der Waals surface area contributed by atoms with Crippen molar-refractivity contribution in [3.05, 3.63) is 24.3 Å². The van der Waals surface area contributed by atoms with Gasteiger partial charge in [-0.2, -0.15) is 0 Å². The summed E-state index contributed by atoms with van der Waals surface area (Å²) in [7, 11) is 0. The normalized spacial score (nSPS) is 20.0. The summed E-state index contributed by atoms with van der Waals surface area (Å²) < 4.78 is 11.1. The highest BCUT2D eigenvalue weighted by Crippen LogP contribution is 2.23. The summed E-state index contributed by atoms with van der Waals surface area (Å²) in [5.41, 5.74) is 0. The third-order valence-electron chi connectivity index (χ3n) is 13.5. The lowest BCUT2D eigenvalue weighted by Gasteiger charge is -2.40. The molecule has 384 valence electrons. The van der Waals surface area contributed by atoms with Crippen LogP contribution >= 0.6 is 0 Å². The lowest BCUT2D eigenvalue weighted by molar-refractivity contribution is -0.302. The number of unbranched alkanes of at least 4 members (excludes halogenated alkanes) is 36. The Labute approximate surface area is 400 Å². The summed E-state index contributed by atoms with van der Waals surface area (Å²) in [5.74, 6) is -0.184. The average Bonchev–Trinajstić information content (AvgIpc) is 3.30. The standard InChI is InChI=1S/C56H107NO8/c1-3-5-7-8-9-10-11-12-13-14-15-16-17-18-19-20-21-22-23-24-25-26-27-28-29-30-31-32-33-34-35-36-37-38-39-40-41-42-44-46-52(60)57-49(50(59)45-43-6-4-2)48-64-56-55(63)54(62)53(61)51(47-58)65-56/h14-15,43,45,49-51,53-56,58-59,61-63H,3-13,16-42,44,46-48H2,1-2H3,(H,57,60)/b15-14-,45-43+. The Morgan fingerprint density at radius 3 is 1.28 bits per heavy atom. The molecule has 0 aromatic carbocycles. The van der Waals surface area contributed by atoms with Crippen LogP contribution in [0.3, 0.4) is 0 Å². The lowest BCUT2D eigenvalue weighted by Crippen LogP contribution is -2.60. The van der Waals surface area contributed by atoms with E-state index in [1.165, 1.54) is 218 Å². The first-order valence-electron chi connectivity index (χ1n) is 28.1. The Morgan fingerprint density at radius 1 is 0.508 bits per heavy atom. The van der Waals surface area contributed by atoms with E-state index in [4.69, 9.17) is 9.47 Å². The molecule has 1 rings (SSSR count). The third kappa shape index (κ3) is 36.3. The second-order valence-electron chi connectivity index (χ2n) is 19.7. The van der Waals surface area contributed by atoms with Gasteiger partial charge in [-0.25, -0.2) is 0 Å². The molecule has 1 fully saturated rings. The molecule has 9 heteroatoms. The number of ether oxygens (including phenoxy) is 2. The van der Waals surface area contributed by atoms with Crippen molar-refractivity contribution >= 4 is 5.91 Å². The fraction of sp³-hybridized carbons (Fsp3) is 0.911. The molecular formula is C56H107NO8. The first-order valence-corrected chi connectivity index (χ1v) is 28.1. The van der Waals surface area contributed by atoms with Crippen molar-refractivity contribution in [2.45, 2.75) is 314 Å². The monoisotopic (exact) mass is 922 g/mol. The highest BCUT2D eigenvalue weighted by Gasteiger charge is 2.44. The topological polar surface area (TPSA) is 149 Å². The van der Waals surface area contributed by atoms with Crippen LogP contribution in [0.5, 0.6) is 0 Å². The predicted octanol–water partition coefficient (Wildman–Crippen LogP) is 13.4. The fourth-order valence-corrected chi connectivity index (χ4v) is 9.04. The Balaban J connectivity index is 1.87. The second kappa shape index (κ2) is 46.4. The zero-order chi connectivity index (χ0) is 47.3. The maximum absolute atomic E-state index is 12.8. The summed E-state index contributed by atoms with van der Waals surface area (Å²) in [6.45, 7) is 3.57. The number of amides is 1. The maximum Gasteiger partial charge on any atom is 0.220 e. The molecule has 0 aliphatic carbocycles. The van der Waals surface area contributed by atoms with Gasteiger partial charge in [0.15, 0.2) is 6.29 Å². The Kier molecular flexibility index (Phi) is 44.0. The number of rotatable bonds is 48. The number of carbonyl (C=O) groups excluding carboxylic acids is 1. The maximum atomic E-state index is 12.8. The molecule has 0 aromatic rings. The molecule has 1 heterocycles. The number of aliphatic hydroxyl groups excluding tert-OH is 5. The van der Waals surface area contributed by atoms with E-state index >= 15 is 0 Å². The van der Waals surface area contributed by atoms with Gasteiger partial charge < -0.3 is 40.3 Å². The smallest absolute Gasteiger partial charge is 0.220 e. The van der Waals surface area contributed by atoms with Crippen molar-refractivity contribution in [1.82, 2.24) is 5.32 Å². The zero-order valence-corrected chi connectivity index (χ0v) is 42.5. The molecule has 6 N–H and O–H groups in total. The molecule has 65 heavy (non-hydrogen) atoms. The Hall–Kier alpha value is -1.33. The molecule has 0 spiro atoms. The van der Waals surface area contributed by atoms with Crippen LogP contribution in [0.1, 0.15) is 271 Å². The number of hydrogen-bond acceptors (Lipinski definition) is 8. The molecule has 7 unspecified atom stereocenters. The molecule has 1 amide bonds. The highest BCUT2D eigenvalue weighted by molar-refractivity contribution is 5.76. The van der Waals surface area contributed by atoms with Crippen LogP contribution in [0.4, 0.5) is 0 Å². The fourth-order valence-electron chi connectivity index (χ4n) is 9.04. The van der Waals surface area contributed by atoms with Crippen LogP contribution in [0, 0.1) is 0 Å². The minimum atomic E-state index is -1.56. The largest absolute Gasteiger partial charge is 0.394 e. The molecule has 0 bridgehead atoms. The van der Waals surface area contributed by atoms with Gasteiger partial charge in [0.05, 0.1) is 25.4 Å². The quantitative estimate of drug-likeness (QED) is 0.0261. The number of allylic oxidation sites excluding steroid dienone is 3. The van der Waals surface area contributed by atoms with Gasteiger partial charge in [0, 0.05) is 6.42 Å². The molecule has 1 saturated heterocycles. The molecule has 7 atom stereocenters. The van der Waals surface area contributed by atoms with Crippen LogP contribution in [0.25, 0.3) is 0 Å². The van der Waals surface area contributed by atoms with E-state index < -0.39 is 49.5 Å². The molecule has 9 nitrogen and oxygen atoms in total. The molecular weight excluding hydrogens is 815 g/mol. The van der Waals surface area contributed by atoms with Gasteiger partial charge in [0.1, 0.15) is 24.4 Å². The summed E-state index contributed by atoms with van der Waals surface area (Å²) in [5, 5.41) is 53.5. The van der Waals surface area contributed by atoms with Crippen molar-refractivity contribution in [2.75, 3.05) is 13.2 Å². The van der Waals surface area contributed by atoms with Gasteiger partial charge in [-0.05, 0) is 38.5 Å². The first kappa shape index (κ1) is 61.7. The van der Waals surface area contributed by atoms with E-state index in [0.29, 0.717) is 6.42 Å². The van der Waals surface area contributed by atoms with Gasteiger partial charge in [-0.3, -0.25) is 4.79 Å². The van der Waals surface area contributed by atoms with Crippen molar-refractivity contribution in [2.24, 2.45) is 0 Å². The van der Waals surface area contributed by atoms with E-state index in [1.807, 2.05) is 13.0 Å². The van der Waals surface area contributed by atoms with Gasteiger partial charge in [0.2, 0.25) is 5.91 Å². The predicted molar refractivity (Wildman–Crippen MR) is 272 cm³/mol. The number of carbonyl (C=O) groups is 1. The first-order chi connectivity index (χ1) is 31.8. The molecule has 1 aliphatic heterocycles. The third-order valence-corrected chi connectivity index (χ3v) is 13.5. The molecule has 0 aromatic heterocycles. The number of aliphatic hydroxyl groups is 5. The molecule has 0 saturated carbocycles. The van der Waals surface area contributed by atoms with E-state index in [-0.39, 0.29) is 12.5 Å². The number of nitrogens with one attached hydrogen (secondary N) is 1. The van der Waals surface area contributed by atoms with E-state index in [9.17, 15) is 30.3 Å². The summed E-state index contributed by atoms with van der Waals surface area (Å²) in [6, 6.07) is -0.797. The Bertz CT molecular complexity index is 1070. The molecule has 0 radical (unpaired) electrons. The van der Waals surface area contributed by atoms with Crippen LogP contribution in [-0.4, -0.2) is 87.5 Å². The van der Waals surface area contributed by atoms with Crippen molar-refractivity contribution in [3.8, 4) is 0 Å². The van der Waals surface area contributed by atoms with Gasteiger partial charge in [0.25, 0.3) is 0 Å². The van der Waals surface area contributed by atoms with E-state index in [0.717, 1.165) is 32.1 Å². The van der Waals surface area contributed by atoms with Gasteiger partial charge >= 0.3 is 0 Å². The van der Waals surface area contributed by atoms with Gasteiger partial charge in [-0.1, -0.05) is 250 Å². The van der Waals surface area contributed by atoms with Gasteiger partial charge in [-0.15, -0.1) is 0 Å². The van der Waals surface area contributed by atoms with Crippen LogP contribution in [0.2, 0.25) is 0 Å². The highest BCUT2D eigenvalue weighted by atomic mass is 16.7. The van der Waals surface area contributed by atoms with E-state index in [1.54, 1.807) is 6.08 Å². The minimum absolute atomic E-state index is 0.184. The number of hydrogen-bond donors (Lipinski definition) is 6. The van der Waals surface area contributed by atoms with Crippen molar-refractivity contribution in [3.63, 3.8) is 0 Å². The lowest BCUT2D eigenvalue weighted by atomic mass is 9.99. The second-order valence-corrected chi connectivity index (χ2v) is 19.7. The van der Waals surface area contributed by atoms with Crippen molar-refractivity contribution < 1.29 is 39.8 Å². The average molecular weight is 922 g/mol. The molecule has 1 aliphatic rings. The van der Waals surface area contributed by atoms with Crippen LogP contribution < -0.4 is 5.32 Å². The SMILES string of the molecule is CCC/C=C/C(O)C(COC1OC(CO)C(O)C(O)C1O)NC(=O)CCCCCCCCCCCCCCCCCCCCCCCCCCCCC/C=C\CCCCCCCCCC. The summed E-state index contributed by atoms with van der Waals surface area (Å²) in [4.78, 5) is 12.8. The Morgan fingerprint density at radius 2 is 0.892 bits per heavy atom. The minimum Gasteiger partial charge on any atom is -0.394 e. The summed E-state index contributed by atoms with van der Waals surface area (Å²) in [6.07, 6.45) is 52.5.